The molecule has 0 bridgehead atoms. The number of benzene rings is 4. The first-order valence-electron chi connectivity index (χ1n) is 14.1. The standard InChI is InChI=1S/C35H36N2O6/c1-42-22-20-33(38)37(25-27-10-4-2-5-11-27)21-23-43-29-18-16-26(17-19-29)24-32(35(40)41)36-31-15-9-8-14-30(31)34(39)28-12-6-3-7-13-28/h2-19,32,36H,20-25H2,1H3,(H,40,41)/t32-/m0/s1. The van der Waals surface area contributed by atoms with Gasteiger partial charge in [0.05, 0.1) is 19.6 Å². The zero-order valence-corrected chi connectivity index (χ0v) is 24.1. The molecule has 0 saturated heterocycles. The number of carboxylic acid groups (broad SMARTS) is 1. The van der Waals surface area contributed by atoms with Crippen LogP contribution in [-0.4, -0.2) is 60.6 Å². The molecule has 4 aromatic carbocycles. The smallest absolute Gasteiger partial charge is 0.326 e. The summed E-state index contributed by atoms with van der Waals surface area (Å²) >= 11 is 0. The van der Waals surface area contributed by atoms with E-state index in [2.05, 4.69) is 5.32 Å². The van der Waals surface area contributed by atoms with Crippen molar-refractivity contribution in [1.82, 2.24) is 4.90 Å². The van der Waals surface area contributed by atoms with Crippen molar-refractivity contribution in [1.29, 1.82) is 0 Å². The lowest BCUT2D eigenvalue weighted by atomic mass is 10.00. The summed E-state index contributed by atoms with van der Waals surface area (Å²) in [6, 6.07) is 31.9. The fourth-order valence-electron chi connectivity index (χ4n) is 4.61. The van der Waals surface area contributed by atoms with Gasteiger partial charge in [0.1, 0.15) is 18.4 Å². The van der Waals surface area contributed by atoms with E-state index < -0.39 is 12.0 Å². The Morgan fingerprint density at radius 3 is 2.12 bits per heavy atom. The van der Waals surface area contributed by atoms with E-state index in [1.165, 1.54) is 0 Å². The molecule has 0 spiro atoms. The molecule has 4 aromatic rings. The second-order valence-corrected chi connectivity index (χ2v) is 10.0. The fourth-order valence-corrected chi connectivity index (χ4v) is 4.61. The molecule has 0 aromatic heterocycles. The van der Waals surface area contributed by atoms with E-state index in [0.717, 1.165) is 11.1 Å². The largest absolute Gasteiger partial charge is 0.492 e. The van der Waals surface area contributed by atoms with Crippen molar-refractivity contribution in [3.63, 3.8) is 0 Å². The van der Waals surface area contributed by atoms with Crippen molar-refractivity contribution >= 4 is 23.3 Å². The van der Waals surface area contributed by atoms with Gasteiger partial charge in [-0.2, -0.15) is 0 Å². The Labute approximate surface area is 251 Å². The molecule has 0 heterocycles. The summed E-state index contributed by atoms with van der Waals surface area (Å²) in [5.74, 6) is -0.605. The monoisotopic (exact) mass is 580 g/mol. The van der Waals surface area contributed by atoms with E-state index in [1.54, 1.807) is 72.7 Å². The number of rotatable bonds is 16. The van der Waals surface area contributed by atoms with Crippen molar-refractivity contribution < 1.29 is 29.0 Å². The molecule has 8 heteroatoms. The van der Waals surface area contributed by atoms with Crippen molar-refractivity contribution in [3.05, 3.63) is 131 Å². The van der Waals surface area contributed by atoms with Gasteiger partial charge in [-0.3, -0.25) is 9.59 Å². The van der Waals surface area contributed by atoms with Gasteiger partial charge in [-0.1, -0.05) is 84.9 Å². The molecule has 0 fully saturated rings. The second-order valence-electron chi connectivity index (χ2n) is 10.0. The van der Waals surface area contributed by atoms with E-state index in [0.29, 0.717) is 55.3 Å². The molecule has 1 amide bonds. The summed E-state index contributed by atoms with van der Waals surface area (Å²) in [5, 5.41) is 13.0. The number of ketones is 1. The van der Waals surface area contributed by atoms with Crippen LogP contribution in [-0.2, 0) is 27.3 Å². The quantitative estimate of drug-likeness (QED) is 0.169. The van der Waals surface area contributed by atoms with Gasteiger partial charge in [0.15, 0.2) is 5.78 Å². The molecule has 1 atom stereocenters. The van der Waals surface area contributed by atoms with E-state index >= 15 is 0 Å². The third-order valence-electron chi connectivity index (χ3n) is 6.92. The number of para-hydroxylation sites is 1. The number of nitrogens with zero attached hydrogens (tertiary/aromatic N) is 1. The van der Waals surface area contributed by atoms with Gasteiger partial charge in [-0.05, 0) is 35.4 Å². The molecule has 8 nitrogen and oxygen atoms in total. The third kappa shape index (κ3) is 9.28. The van der Waals surface area contributed by atoms with Gasteiger partial charge >= 0.3 is 5.97 Å². The Balaban J connectivity index is 1.36. The van der Waals surface area contributed by atoms with Crippen molar-refractivity contribution in [2.75, 3.05) is 32.2 Å². The maximum absolute atomic E-state index is 13.1. The summed E-state index contributed by atoms with van der Waals surface area (Å²) in [6.45, 7) is 1.55. The molecule has 2 N–H and O–H groups in total. The van der Waals surface area contributed by atoms with E-state index in [-0.39, 0.29) is 18.1 Å². The van der Waals surface area contributed by atoms with Crippen molar-refractivity contribution in [2.24, 2.45) is 0 Å². The number of carboxylic acids is 1. The number of amides is 1. The minimum absolute atomic E-state index is 0.0103. The van der Waals surface area contributed by atoms with Crippen LogP contribution in [0.1, 0.15) is 33.5 Å². The number of aliphatic carboxylic acids is 1. The maximum atomic E-state index is 13.1. The number of methoxy groups -OCH3 is 1. The van der Waals surface area contributed by atoms with Gasteiger partial charge in [-0.25, -0.2) is 4.79 Å². The third-order valence-corrected chi connectivity index (χ3v) is 6.92. The topological polar surface area (TPSA) is 105 Å². The van der Waals surface area contributed by atoms with Gasteiger partial charge in [-0.15, -0.1) is 0 Å². The first-order chi connectivity index (χ1) is 20.9. The summed E-state index contributed by atoms with van der Waals surface area (Å²) in [4.78, 5) is 39.7. The highest BCUT2D eigenvalue weighted by Gasteiger charge is 2.21. The highest BCUT2D eigenvalue weighted by molar-refractivity contribution is 6.12. The maximum Gasteiger partial charge on any atom is 0.326 e. The van der Waals surface area contributed by atoms with Crippen LogP contribution in [0.5, 0.6) is 5.75 Å². The van der Waals surface area contributed by atoms with Gasteiger partial charge in [0.25, 0.3) is 0 Å². The summed E-state index contributed by atoms with van der Waals surface area (Å²) in [7, 11) is 1.57. The summed E-state index contributed by atoms with van der Waals surface area (Å²) in [5.41, 5.74) is 3.22. The lowest BCUT2D eigenvalue weighted by molar-refractivity contribution is -0.138. The molecule has 0 aliphatic carbocycles. The Morgan fingerprint density at radius 2 is 1.44 bits per heavy atom. The van der Waals surface area contributed by atoms with E-state index in [1.807, 2.05) is 48.5 Å². The van der Waals surface area contributed by atoms with Crippen molar-refractivity contribution in [2.45, 2.75) is 25.4 Å². The van der Waals surface area contributed by atoms with Gasteiger partial charge < -0.3 is 24.8 Å². The lowest BCUT2D eigenvalue weighted by Crippen LogP contribution is -2.34. The number of hydrogen-bond acceptors (Lipinski definition) is 6. The van der Waals surface area contributed by atoms with Crippen LogP contribution >= 0.6 is 0 Å². The van der Waals surface area contributed by atoms with E-state index in [9.17, 15) is 19.5 Å². The molecular formula is C35H36N2O6. The van der Waals surface area contributed by atoms with Crippen LogP contribution in [0.3, 0.4) is 0 Å². The Bertz CT molecular complexity index is 1480. The fraction of sp³-hybridized carbons (Fsp3) is 0.229. The van der Waals surface area contributed by atoms with Gasteiger partial charge in [0, 0.05) is 36.9 Å². The predicted molar refractivity (Wildman–Crippen MR) is 165 cm³/mol. The summed E-state index contributed by atoms with van der Waals surface area (Å²) in [6.07, 6.45) is 0.490. The Morgan fingerprint density at radius 1 is 0.791 bits per heavy atom. The van der Waals surface area contributed by atoms with E-state index in [4.69, 9.17) is 9.47 Å². The van der Waals surface area contributed by atoms with Crippen LogP contribution in [0, 0.1) is 0 Å². The second kappa shape index (κ2) is 15.9. The van der Waals surface area contributed by atoms with Crippen LogP contribution in [0.4, 0.5) is 5.69 Å². The number of ether oxygens (including phenoxy) is 2. The summed E-state index contributed by atoms with van der Waals surface area (Å²) < 4.78 is 11.0. The average Bonchev–Trinajstić information content (AvgIpc) is 3.04. The first-order valence-corrected chi connectivity index (χ1v) is 14.1. The minimum Gasteiger partial charge on any atom is -0.492 e. The molecule has 0 radical (unpaired) electrons. The Kier molecular flexibility index (Phi) is 11.5. The molecule has 0 aliphatic heterocycles. The van der Waals surface area contributed by atoms with Crippen LogP contribution in [0.15, 0.2) is 109 Å². The first kappa shape index (κ1) is 31.0. The molecule has 4 rings (SSSR count). The number of carbonyl (C=O) groups excluding carboxylic acids is 2. The molecule has 0 saturated carbocycles. The van der Waals surface area contributed by atoms with Crippen LogP contribution in [0.2, 0.25) is 0 Å². The molecule has 0 unspecified atom stereocenters. The Hall–Kier alpha value is -4.95. The molecule has 43 heavy (non-hydrogen) atoms. The molecule has 222 valence electrons. The highest BCUT2D eigenvalue weighted by atomic mass is 16.5. The molecule has 0 aliphatic rings. The number of anilines is 1. The van der Waals surface area contributed by atoms with Crippen molar-refractivity contribution in [3.8, 4) is 5.75 Å². The number of carbonyl (C=O) groups is 3. The SMILES string of the molecule is COCCC(=O)N(CCOc1ccc(C[C@H](Nc2ccccc2C(=O)c2ccccc2)C(=O)O)cc1)Cc1ccccc1. The normalized spacial score (nSPS) is 11.4. The lowest BCUT2D eigenvalue weighted by Gasteiger charge is -2.23. The number of nitrogens with one attached hydrogen (secondary N) is 1. The van der Waals surface area contributed by atoms with Crippen LogP contribution in [0.25, 0.3) is 0 Å². The average molecular weight is 581 g/mol. The van der Waals surface area contributed by atoms with Gasteiger partial charge in [0.2, 0.25) is 5.91 Å². The highest BCUT2D eigenvalue weighted by Crippen LogP contribution is 2.22. The molecular weight excluding hydrogens is 544 g/mol. The number of hydrogen-bond donors (Lipinski definition) is 2. The zero-order chi connectivity index (χ0) is 30.4. The zero-order valence-electron chi connectivity index (χ0n) is 24.1. The predicted octanol–water partition coefficient (Wildman–Crippen LogP) is 5.47. The van der Waals surface area contributed by atoms with Crippen LogP contribution < -0.4 is 10.1 Å². The minimum atomic E-state index is -1.03.